The number of nitrogens with zero attached hydrogens (tertiary/aromatic N) is 6. The minimum absolute atomic E-state index is 0.132. The molecule has 9 heteroatoms. The van der Waals surface area contributed by atoms with Crippen molar-refractivity contribution in [3.63, 3.8) is 0 Å². The Labute approximate surface area is 162 Å². The molecule has 1 fully saturated rings. The van der Waals surface area contributed by atoms with Crippen molar-refractivity contribution >= 4 is 17.5 Å². The molecule has 144 valence electrons. The number of pyridine rings is 1. The van der Waals surface area contributed by atoms with Crippen molar-refractivity contribution in [1.82, 2.24) is 25.2 Å². The number of hydrogen-bond acceptors (Lipinski definition) is 8. The Hall–Kier alpha value is -3.49. The highest BCUT2D eigenvalue weighted by atomic mass is 16.5. The van der Waals surface area contributed by atoms with Crippen molar-refractivity contribution in [2.24, 2.45) is 0 Å². The lowest BCUT2D eigenvalue weighted by Gasteiger charge is -2.34. The van der Waals surface area contributed by atoms with Crippen LogP contribution in [0.25, 0.3) is 11.3 Å². The second-order valence-corrected chi connectivity index (χ2v) is 6.40. The minimum atomic E-state index is -0.132. The lowest BCUT2D eigenvalue weighted by atomic mass is 10.2. The number of carbonyl (C=O) groups excluding carboxylic acids is 1. The van der Waals surface area contributed by atoms with Gasteiger partial charge in [-0.3, -0.25) is 9.78 Å². The highest BCUT2D eigenvalue weighted by Gasteiger charge is 2.25. The Kier molecular flexibility index (Phi) is 5.14. The summed E-state index contributed by atoms with van der Waals surface area (Å²) in [5, 5.41) is 15.5. The summed E-state index contributed by atoms with van der Waals surface area (Å²) in [6, 6.07) is 9.20. The molecule has 0 unspecified atom stereocenters. The van der Waals surface area contributed by atoms with Crippen LogP contribution in [0.2, 0.25) is 0 Å². The first-order valence-corrected chi connectivity index (χ1v) is 9.23. The summed E-state index contributed by atoms with van der Waals surface area (Å²) in [5.41, 5.74) is 1.10. The van der Waals surface area contributed by atoms with Crippen LogP contribution in [0.15, 0.2) is 47.2 Å². The summed E-state index contributed by atoms with van der Waals surface area (Å²) in [6.45, 7) is 5.37. The summed E-state index contributed by atoms with van der Waals surface area (Å²) >= 11 is 0. The molecule has 1 saturated heterocycles. The van der Waals surface area contributed by atoms with Crippen molar-refractivity contribution in [1.29, 1.82) is 0 Å². The second-order valence-electron chi connectivity index (χ2n) is 6.40. The molecule has 1 amide bonds. The second kappa shape index (κ2) is 8.03. The third-order valence-electron chi connectivity index (χ3n) is 4.57. The summed E-state index contributed by atoms with van der Waals surface area (Å²) in [5.74, 6) is 1.97. The molecule has 0 aliphatic carbocycles. The van der Waals surface area contributed by atoms with Crippen molar-refractivity contribution in [3.8, 4) is 11.3 Å². The van der Waals surface area contributed by atoms with Gasteiger partial charge in [-0.05, 0) is 31.2 Å². The molecule has 1 N–H and O–H groups in total. The average molecular weight is 379 g/mol. The van der Waals surface area contributed by atoms with Gasteiger partial charge in [-0.25, -0.2) is 0 Å². The van der Waals surface area contributed by atoms with Crippen molar-refractivity contribution in [2.45, 2.75) is 6.92 Å². The van der Waals surface area contributed by atoms with Gasteiger partial charge in [-0.15, -0.1) is 10.2 Å². The highest BCUT2D eigenvalue weighted by Crippen LogP contribution is 2.21. The van der Waals surface area contributed by atoms with E-state index in [2.05, 4.69) is 30.6 Å². The van der Waals surface area contributed by atoms with Crippen molar-refractivity contribution in [2.75, 3.05) is 42.9 Å². The summed E-state index contributed by atoms with van der Waals surface area (Å²) in [6.07, 6.45) is 3.36. The van der Waals surface area contributed by atoms with Crippen LogP contribution >= 0.6 is 0 Å². The molecular formula is C19H21N7O2. The number of rotatable bonds is 5. The van der Waals surface area contributed by atoms with Crippen LogP contribution in [0.4, 0.5) is 11.6 Å². The van der Waals surface area contributed by atoms with E-state index in [9.17, 15) is 4.79 Å². The Morgan fingerprint density at radius 2 is 2.04 bits per heavy atom. The fraction of sp³-hybridized carbons (Fsp3) is 0.316. The summed E-state index contributed by atoms with van der Waals surface area (Å²) in [7, 11) is 0. The van der Waals surface area contributed by atoms with E-state index in [1.165, 1.54) is 0 Å². The van der Waals surface area contributed by atoms with Gasteiger partial charge < -0.3 is 19.6 Å². The Morgan fingerprint density at radius 3 is 2.71 bits per heavy atom. The minimum Gasteiger partial charge on any atom is -0.369 e. The van der Waals surface area contributed by atoms with Gasteiger partial charge in [0.2, 0.25) is 0 Å². The van der Waals surface area contributed by atoms with Gasteiger partial charge in [0.15, 0.2) is 17.3 Å². The van der Waals surface area contributed by atoms with Gasteiger partial charge in [0.1, 0.15) is 5.82 Å². The molecule has 0 bridgehead atoms. The normalized spacial score (nSPS) is 14.2. The number of carbonyl (C=O) groups is 1. The lowest BCUT2D eigenvalue weighted by molar-refractivity contribution is 0.0736. The van der Waals surface area contributed by atoms with Crippen LogP contribution < -0.4 is 10.2 Å². The van der Waals surface area contributed by atoms with Gasteiger partial charge in [0.05, 0.1) is 0 Å². The number of aromatic nitrogens is 4. The number of anilines is 2. The van der Waals surface area contributed by atoms with Crippen LogP contribution in [0.1, 0.15) is 17.4 Å². The zero-order chi connectivity index (χ0) is 19.3. The van der Waals surface area contributed by atoms with E-state index in [1.807, 2.05) is 31.2 Å². The van der Waals surface area contributed by atoms with E-state index in [4.69, 9.17) is 4.52 Å². The van der Waals surface area contributed by atoms with Gasteiger partial charge in [0.25, 0.3) is 5.91 Å². The van der Waals surface area contributed by atoms with Gasteiger partial charge in [-0.1, -0.05) is 5.16 Å². The van der Waals surface area contributed by atoms with E-state index >= 15 is 0 Å². The fourth-order valence-electron chi connectivity index (χ4n) is 3.09. The maximum atomic E-state index is 12.7. The first-order valence-electron chi connectivity index (χ1n) is 9.23. The quantitative estimate of drug-likeness (QED) is 0.718. The smallest absolute Gasteiger partial charge is 0.276 e. The maximum absolute atomic E-state index is 12.7. The largest absolute Gasteiger partial charge is 0.369 e. The molecule has 4 heterocycles. The van der Waals surface area contributed by atoms with E-state index in [0.29, 0.717) is 37.6 Å². The Bertz CT molecular complexity index is 919. The molecule has 0 spiro atoms. The molecular weight excluding hydrogens is 358 g/mol. The maximum Gasteiger partial charge on any atom is 0.276 e. The number of amides is 1. The zero-order valence-electron chi connectivity index (χ0n) is 15.6. The van der Waals surface area contributed by atoms with E-state index in [0.717, 1.165) is 23.7 Å². The zero-order valence-corrected chi connectivity index (χ0v) is 15.6. The van der Waals surface area contributed by atoms with E-state index < -0.39 is 0 Å². The molecule has 3 aromatic rings. The molecule has 0 aromatic carbocycles. The molecule has 1 aliphatic rings. The lowest BCUT2D eigenvalue weighted by Crippen LogP contribution is -2.49. The number of piperazine rings is 1. The average Bonchev–Trinajstić information content (AvgIpc) is 3.25. The van der Waals surface area contributed by atoms with Gasteiger partial charge in [0, 0.05) is 56.7 Å². The van der Waals surface area contributed by atoms with Gasteiger partial charge >= 0.3 is 0 Å². The third-order valence-corrected chi connectivity index (χ3v) is 4.57. The Morgan fingerprint density at radius 1 is 1.18 bits per heavy atom. The van der Waals surface area contributed by atoms with E-state index in [1.54, 1.807) is 23.4 Å². The van der Waals surface area contributed by atoms with Crippen LogP contribution in [0.5, 0.6) is 0 Å². The number of hydrogen-bond donors (Lipinski definition) is 1. The standard InChI is InChI=1S/C19H21N7O2/c1-2-21-17-5-6-18(23-22-17)25-8-10-26(11-9-25)19(27)15-12-16(28-24-15)14-4-3-7-20-13-14/h3-7,12-13H,2,8-11H2,1H3,(H,21,22). The number of nitrogens with one attached hydrogen (secondary N) is 1. The molecule has 0 radical (unpaired) electrons. The van der Waals surface area contributed by atoms with Crippen LogP contribution in [-0.2, 0) is 0 Å². The first-order chi connectivity index (χ1) is 13.7. The van der Waals surface area contributed by atoms with Crippen LogP contribution in [0.3, 0.4) is 0 Å². The monoisotopic (exact) mass is 379 g/mol. The fourth-order valence-corrected chi connectivity index (χ4v) is 3.09. The predicted molar refractivity (Wildman–Crippen MR) is 104 cm³/mol. The highest BCUT2D eigenvalue weighted by molar-refractivity contribution is 5.93. The van der Waals surface area contributed by atoms with Gasteiger partial charge in [-0.2, -0.15) is 0 Å². The van der Waals surface area contributed by atoms with Crippen LogP contribution in [0, 0.1) is 0 Å². The molecule has 0 saturated carbocycles. The van der Waals surface area contributed by atoms with Crippen LogP contribution in [-0.4, -0.2) is 63.9 Å². The predicted octanol–water partition coefficient (Wildman–Crippen LogP) is 1.92. The molecule has 0 atom stereocenters. The molecule has 28 heavy (non-hydrogen) atoms. The molecule has 3 aromatic heterocycles. The van der Waals surface area contributed by atoms with Crippen molar-refractivity contribution in [3.05, 3.63) is 48.4 Å². The topological polar surface area (TPSA) is 100 Å². The first kappa shape index (κ1) is 17.9. The summed E-state index contributed by atoms with van der Waals surface area (Å²) < 4.78 is 5.31. The van der Waals surface area contributed by atoms with E-state index in [-0.39, 0.29) is 5.91 Å². The molecule has 9 nitrogen and oxygen atoms in total. The molecule has 1 aliphatic heterocycles. The van der Waals surface area contributed by atoms with Crippen molar-refractivity contribution < 1.29 is 9.32 Å². The third kappa shape index (κ3) is 3.78. The Balaban J connectivity index is 1.37. The SMILES string of the molecule is CCNc1ccc(N2CCN(C(=O)c3cc(-c4cccnc4)on3)CC2)nn1. The summed E-state index contributed by atoms with van der Waals surface area (Å²) in [4.78, 5) is 20.7. The molecule has 4 rings (SSSR count).